The Kier molecular flexibility index (Phi) is 4.20. The molecule has 1 N–H and O–H groups in total. The Morgan fingerprint density at radius 3 is 3.00 bits per heavy atom. The highest BCUT2D eigenvalue weighted by Crippen LogP contribution is 2.28. The first-order valence-corrected chi connectivity index (χ1v) is 6.33. The summed E-state index contributed by atoms with van der Waals surface area (Å²) < 4.78 is 24.3. The van der Waals surface area contributed by atoms with Crippen molar-refractivity contribution in [3.05, 3.63) is 34.1 Å². The third kappa shape index (κ3) is 3.64. The van der Waals surface area contributed by atoms with Crippen LogP contribution in [0, 0.1) is 15.9 Å². The summed E-state index contributed by atoms with van der Waals surface area (Å²) in [5.74, 6) is -0.657. The van der Waals surface area contributed by atoms with Gasteiger partial charge < -0.3 is 14.8 Å². The number of hydrogen-bond donors (Lipinski definition) is 1. The fourth-order valence-electron chi connectivity index (χ4n) is 2.10. The lowest BCUT2D eigenvalue weighted by Crippen LogP contribution is -2.52. The predicted molar refractivity (Wildman–Crippen MR) is 70.4 cm³/mol. The molecule has 1 unspecified atom stereocenters. The topological polar surface area (TPSA) is 73.6 Å². The first kappa shape index (κ1) is 14.7. The molecule has 0 bridgehead atoms. The van der Waals surface area contributed by atoms with Gasteiger partial charge >= 0.3 is 5.69 Å². The van der Waals surface area contributed by atoms with Crippen LogP contribution in [0.25, 0.3) is 0 Å². The second-order valence-corrected chi connectivity index (χ2v) is 5.31. The van der Waals surface area contributed by atoms with Gasteiger partial charge in [-0.1, -0.05) is 0 Å². The molecule has 1 aliphatic rings. The Morgan fingerprint density at radius 1 is 1.60 bits per heavy atom. The van der Waals surface area contributed by atoms with Crippen LogP contribution in [-0.2, 0) is 4.74 Å². The summed E-state index contributed by atoms with van der Waals surface area (Å²) in [5, 5.41) is 14.0. The van der Waals surface area contributed by atoms with Crippen molar-refractivity contribution < 1.29 is 18.8 Å². The van der Waals surface area contributed by atoms with Crippen LogP contribution in [0.4, 0.5) is 10.1 Å². The molecule has 6 nitrogen and oxygen atoms in total. The Hall–Kier alpha value is -1.73. The molecule has 0 saturated carbocycles. The second kappa shape index (κ2) is 5.72. The van der Waals surface area contributed by atoms with Crippen LogP contribution in [0.1, 0.15) is 13.8 Å². The molecule has 0 aliphatic carbocycles. The van der Waals surface area contributed by atoms with Gasteiger partial charge in [0.1, 0.15) is 18.5 Å². The Bertz CT molecular complexity index is 507. The predicted octanol–water partition coefficient (Wildman–Crippen LogP) is 1.88. The van der Waals surface area contributed by atoms with Gasteiger partial charge in [-0.25, -0.2) is 4.39 Å². The number of morpholine rings is 1. The normalized spacial score (nSPS) is 21.4. The van der Waals surface area contributed by atoms with Crippen molar-refractivity contribution in [1.82, 2.24) is 5.32 Å². The van der Waals surface area contributed by atoms with Gasteiger partial charge in [0.05, 0.1) is 10.5 Å². The lowest BCUT2D eigenvalue weighted by Gasteiger charge is -2.36. The highest BCUT2D eigenvalue weighted by molar-refractivity contribution is 5.46. The smallest absolute Gasteiger partial charge is 0.311 e. The molecule has 1 saturated heterocycles. The average Bonchev–Trinajstić information content (AvgIpc) is 2.35. The van der Waals surface area contributed by atoms with E-state index < -0.39 is 10.7 Å². The summed E-state index contributed by atoms with van der Waals surface area (Å²) in [7, 11) is 0. The quantitative estimate of drug-likeness (QED) is 0.675. The van der Waals surface area contributed by atoms with Gasteiger partial charge in [-0.15, -0.1) is 0 Å². The molecule has 1 aromatic carbocycles. The summed E-state index contributed by atoms with van der Waals surface area (Å²) in [4.78, 5) is 10.2. The molecule has 0 radical (unpaired) electrons. The van der Waals surface area contributed by atoms with Crippen LogP contribution in [0.15, 0.2) is 18.2 Å². The van der Waals surface area contributed by atoms with Crippen LogP contribution in [0.3, 0.4) is 0 Å². The van der Waals surface area contributed by atoms with E-state index in [0.717, 1.165) is 24.7 Å². The molecular formula is C13H17FN2O4. The van der Waals surface area contributed by atoms with Crippen molar-refractivity contribution in [1.29, 1.82) is 0 Å². The van der Waals surface area contributed by atoms with Crippen LogP contribution in [-0.4, -0.2) is 36.3 Å². The van der Waals surface area contributed by atoms with Crippen molar-refractivity contribution in [2.75, 3.05) is 19.7 Å². The minimum atomic E-state index is -0.599. The molecule has 0 aromatic heterocycles. The highest BCUT2D eigenvalue weighted by Gasteiger charge is 2.29. The lowest BCUT2D eigenvalue weighted by atomic mass is 10.1. The van der Waals surface area contributed by atoms with E-state index in [1.807, 2.05) is 13.8 Å². The zero-order valence-electron chi connectivity index (χ0n) is 11.4. The van der Waals surface area contributed by atoms with Crippen molar-refractivity contribution in [3.8, 4) is 5.75 Å². The maximum atomic E-state index is 13.2. The number of halogens is 1. The molecule has 0 amide bonds. The van der Waals surface area contributed by atoms with Gasteiger partial charge in [-0.05, 0) is 19.9 Å². The average molecular weight is 284 g/mol. The Balaban J connectivity index is 2.03. The fraction of sp³-hybridized carbons (Fsp3) is 0.538. The van der Waals surface area contributed by atoms with Crippen LogP contribution >= 0.6 is 0 Å². The standard InChI is InChI=1S/C13H17FN2O4/c1-13(2)8-15-6-10(20-13)7-19-12-5-9(14)3-4-11(12)16(17)18/h3-5,10,15H,6-8H2,1-2H3. The van der Waals surface area contributed by atoms with Gasteiger partial charge in [0.15, 0.2) is 5.75 Å². The minimum Gasteiger partial charge on any atom is -0.484 e. The van der Waals surface area contributed by atoms with E-state index in [9.17, 15) is 14.5 Å². The number of benzene rings is 1. The summed E-state index contributed by atoms with van der Waals surface area (Å²) in [6.45, 7) is 5.32. The van der Waals surface area contributed by atoms with Crippen molar-refractivity contribution in [2.24, 2.45) is 0 Å². The maximum absolute atomic E-state index is 13.2. The molecule has 110 valence electrons. The van der Waals surface area contributed by atoms with Crippen LogP contribution in [0.5, 0.6) is 5.75 Å². The molecule has 1 heterocycles. The molecule has 1 fully saturated rings. The van der Waals surface area contributed by atoms with Crippen LogP contribution in [0.2, 0.25) is 0 Å². The van der Waals surface area contributed by atoms with E-state index in [1.54, 1.807) is 0 Å². The van der Waals surface area contributed by atoms with Gasteiger partial charge in [-0.3, -0.25) is 10.1 Å². The fourth-order valence-corrected chi connectivity index (χ4v) is 2.10. The zero-order valence-corrected chi connectivity index (χ0v) is 11.4. The summed E-state index contributed by atoms with van der Waals surface area (Å²) in [6.07, 6.45) is -0.235. The number of nitrogens with one attached hydrogen (secondary N) is 1. The van der Waals surface area contributed by atoms with Gasteiger partial charge in [0, 0.05) is 25.2 Å². The monoisotopic (exact) mass is 284 g/mol. The molecule has 0 spiro atoms. The number of ether oxygens (including phenoxy) is 2. The molecule has 20 heavy (non-hydrogen) atoms. The Morgan fingerprint density at radius 2 is 2.35 bits per heavy atom. The molecular weight excluding hydrogens is 267 g/mol. The van der Waals surface area contributed by atoms with Crippen molar-refractivity contribution in [2.45, 2.75) is 25.6 Å². The van der Waals surface area contributed by atoms with Gasteiger partial charge in [-0.2, -0.15) is 0 Å². The maximum Gasteiger partial charge on any atom is 0.311 e. The number of nitro groups is 1. The van der Waals surface area contributed by atoms with E-state index in [0.29, 0.717) is 6.54 Å². The highest BCUT2D eigenvalue weighted by atomic mass is 19.1. The minimum absolute atomic E-state index is 0.0815. The summed E-state index contributed by atoms with van der Waals surface area (Å²) in [5.41, 5.74) is -0.574. The van der Waals surface area contributed by atoms with E-state index in [1.165, 1.54) is 0 Å². The third-order valence-corrected chi connectivity index (χ3v) is 2.95. The summed E-state index contributed by atoms with van der Waals surface area (Å²) >= 11 is 0. The van der Waals surface area contributed by atoms with E-state index >= 15 is 0 Å². The largest absolute Gasteiger partial charge is 0.484 e. The SMILES string of the molecule is CC1(C)CNCC(COc2cc(F)ccc2[N+](=O)[O-])O1. The first-order chi connectivity index (χ1) is 9.37. The zero-order chi connectivity index (χ0) is 14.8. The second-order valence-electron chi connectivity index (χ2n) is 5.31. The molecule has 1 atom stereocenters. The van der Waals surface area contributed by atoms with E-state index in [4.69, 9.17) is 9.47 Å². The van der Waals surface area contributed by atoms with Gasteiger partial charge in [0.25, 0.3) is 0 Å². The summed E-state index contributed by atoms with van der Waals surface area (Å²) in [6, 6.07) is 3.14. The number of rotatable bonds is 4. The first-order valence-electron chi connectivity index (χ1n) is 6.33. The molecule has 2 rings (SSSR count). The van der Waals surface area contributed by atoms with Crippen LogP contribution < -0.4 is 10.1 Å². The number of hydrogen-bond acceptors (Lipinski definition) is 5. The molecule has 1 aromatic rings. The van der Waals surface area contributed by atoms with E-state index in [-0.39, 0.29) is 29.7 Å². The Labute approximate surface area is 116 Å². The van der Waals surface area contributed by atoms with Crippen molar-refractivity contribution >= 4 is 5.69 Å². The number of nitrogens with zero attached hydrogens (tertiary/aromatic N) is 1. The van der Waals surface area contributed by atoms with Gasteiger partial charge in [0.2, 0.25) is 0 Å². The van der Waals surface area contributed by atoms with Crippen molar-refractivity contribution in [3.63, 3.8) is 0 Å². The molecule has 7 heteroatoms. The number of nitro benzene ring substituents is 1. The molecule has 1 aliphatic heterocycles. The third-order valence-electron chi connectivity index (χ3n) is 2.95. The van der Waals surface area contributed by atoms with E-state index in [2.05, 4.69) is 5.32 Å². The lowest BCUT2D eigenvalue weighted by molar-refractivity contribution is -0.386.